The van der Waals surface area contributed by atoms with E-state index in [0.717, 1.165) is 6.42 Å². The van der Waals surface area contributed by atoms with Crippen molar-refractivity contribution in [3.05, 3.63) is 0 Å². The van der Waals surface area contributed by atoms with Gasteiger partial charge in [-0.3, -0.25) is 4.79 Å². The fraction of sp³-hybridized carbons (Fsp3) is 0.833. The van der Waals surface area contributed by atoms with Crippen LogP contribution in [-0.4, -0.2) is 17.1 Å². The van der Waals surface area contributed by atoms with Crippen LogP contribution < -0.4 is 4.84 Å². The van der Waals surface area contributed by atoms with E-state index < -0.39 is 12.0 Å². The first-order valence-corrected chi connectivity index (χ1v) is 3.60. The van der Waals surface area contributed by atoms with Crippen LogP contribution in [0.1, 0.15) is 20.3 Å². The van der Waals surface area contributed by atoms with Gasteiger partial charge in [0.25, 0.3) is 0 Å². The molecular weight excluding hydrogens is 154 g/mol. The Balaban J connectivity index is 3.92. The molecule has 0 rings (SSSR count). The SMILES string of the molecule is CC[C@H](C)[C@H](NCl)C(=O)O. The van der Waals surface area contributed by atoms with Crippen LogP contribution in [0.4, 0.5) is 0 Å². The van der Waals surface area contributed by atoms with Crippen molar-refractivity contribution in [3.63, 3.8) is 0 Å². The summed E-state index contributed by atoms with van der Waals surface area (Å²) in [5.41, 5.74) is 0. The molecule has 0 aliphatic rings. The van der Waals surface area contributed by atoms with E-state index in [9.17, 15) is 4.79 Å². The third kappa shape index (κ3) is 2.54. The molecule has 3 nitrogen and oxygen atoms in total. The van der Waals surface area contributed by atoms with Crippen molar-refractivity contribution in [3.8, 4) is 0 Å². The summed E-state index contributed by atoms with van der Waals surface area (Å²) in [6, 6.07) is -0.633. The predicted molar refractivity (Wildman–Crippen MR) is 39.9 cm³/mol. The number of halogens is 1. The van der Waals surface area contributed by atoms with Gasteiger partial charge in [0.05, 0.1) is 0 Å². The van der Waals surface area contributed by atoms with Crippen molar-refractivity contribution >= 4 is 17.7 Å². The first kappa shape index (κ1) is 9.72. The van der Waals surface area contributed by atoms with E-state index in [-0.39, 0.29) is 5.92 Å². The van der Waals surface area contributed by atoms with Crippen molar-refractivity contribution < 1.29 is 9.90 Å². The highest BCUT2D eigenvalue weighted by molar-refractivity contribution is 6.14. The van der Waals surface area contributed by atoms with E-state index in [1.54, 1.807) is 0 Å². The normalized spacial score (nSPS) is 16.3. The quantitative estimate of drug-likeness (QED) is 0.616. The number of hydrogen-bond acceptors (Lipinski definition) is 2. The van der Waals surface area contributed by atoms with Gasteiger partial charge in [-0.2, -0.15) is 0 Å². The zero-order chi connectivity index (χ0) is 8.15. The lowest BCUT2D eigenvalue weighted by molar-refractivity contribution is -0.140. The molecule has 0 spiro atoms. The average molecular weight is 166 g/mol. The molecular formula is C6H12ClNO2. The van der Waals surface area contributed by atoms with Crippen molar-refractivity contribution in [1.82, 2.24) is 4.84 Å². The average Bonchev–Trinajstić information content (AvgIpc) is 1.88. The summed E-state index contributed by atoms with van der Waals surface area (Å²) < 4.78 is 0. The fourth-order valence-corrected chi connectivity index (χ4v) is 0.942. The Hall–Kier alpha value is -0.280. The lowest BCUT2D eigenvalue weighted by atomic mass is 10.0. The number of carboxylic acid groups (broad SMARTS) is 1. The molecule has 2 N–H and O–H groups in total. The Bertz CT molecular complexity index is 118. The van der Waals surface area contributed by atoms with Crippen LogP contribution >= 0.6 is 11.8 Å². The summed E-state index contributed by atoms with van der Waals surface area (Å²) in [6.45, 7) is 3.77. The molecule has 0 amide bonds. The van der Waals surface area contributed by atoms with Crippen LogP contribution in [-0.2, 0) is 4.79 Å². The largest absolute Gasteiger partial charge is 0.480 e. The minimum atomic E-state index is -0.899. The smallest absolute Gasteiger partial charge is 0.322 e. The molecule has 2 atom stereocenters. The van der Waals surface area contributed by atoms with Crippen LogP contribution in [0, 0.1) is 5.92 Å². The minimum Gasteiger partial charge on any atom is -0.480 e. The van der Waals surface area contributed by atoms with Crippen molar-refractivity contribution in [1.29, 1.82) is 0 Å². The number of hydrogen-bond donors (Lipinski definition) is 2. The number of rotatable bonds is 4. The van der Waals surface area contributed by atoms with Crippen LogP contribution in [0.15, 0.2) is 0 Å². The highest BCUT2D eigenvalue weighted by atomic mass is 35.5. The second-order valence-corrected chi connectivity index (χ2v) is 2.53. The van der Waals surface area contributed by atoms with Gasteiger partial charge in [0.1, 0.15) is 6.04 Å². The summed E-state index contributed by atoms with van der Waals surface area (Å²) in [7, 11) is 0. The minimum absolute atomic E-state index is 0.0648. The lowest BCUT2D eigenvalue weighted by Crippen LogP contribution is -2.36. The Morgan fingerprint density at radius 3 is 2.40 bits per heavy atom. The van der Waals surface area contributed by atoms with Gasteiger partial charge in [0.15, 0.2) is 0 Å². The topological polar surface area (TPSA) is 49.3 Å². The van der Waals surface area contributed by atoms with Gasteiger partial charge in [0.2, 0.25) is 0 Å². The first-order chi connectivity index (χ1) is 4.63. The van der Waals surface area contributed by atoms with Crippen molar-refractivity contribution in [2.45, 2.75) is 26.3 Å². The molecule has 4 heteroatoms. The van der Waals surface area contributed by atoms with Crippen molar-refractivity contribution in [2.75, 3.05) is 0 Å². The molecule has 0 saturated carbocycles. The number of aliphatic carboxylic acids is 1. The van der Waals surface area contributed by atoms with Gasteiger partial charge in [-0.05, 0) is 17.7 Å². The zero-order valence-electron chi connectivity index (χ0n) is 6.10. The Kier molecular flexibility index (Phi) is 4.40. The van der Waals surface area contributed by atoms with E-state index in [2.05, 4.69) is 4.84 Å². The van der Waals surface area contributed by atoms with Gasteiger partial charge in [-0.15, -0.1) is 0 Å². The van der Waals surface area contributed by atoms with Crippen LogP contribution in [0.3, 0.4) is 0 Å². The Morgan fingerprint density at radius 2 is 2.30 bits per heavy atom. The van der Waals surface area contributed by atoms with Gasteiger partial charge >= 0.3 is 5.97 Å². The molecule has 0 aliphatic carbocycles. The molecule has 0 aromatic heterocycles. The molecule has 0 fully saturated rings. The molecule has 0 radical (unpaired) electrons. The van der Waals surface area contributed by atoms with E-state index in [0.29, 0.717) is 0 Å². The summed E-state index contributed by atoms with van der Waals surface area (Å²) in [5, 5.41) is 8.53. The second kappa shape index (κ2) is 4.52. The molecule has 10 heavy (non-hydrogen) atoms. The third-order valence-electron chi connectivity index (χ3n) is 1.60. The zero-order valence-corrected chi connectivity index (χ0v) is 6.85. The van der Waals surface area contributed by atoms with Crippen LogP contribution in [0.5, 0.6) is 0 Å². The third-order valence-corrected chi connectivity index (χ3v) is 1.83. The monoisotopic (exact) mass is 165 g/mol. The van der Waals surface area contributed by atoms with Crippen LogP contribution in [0.25, 0.3) is 0 Å². The summed E-state index contributed by atoms with van der Waals surface area (Å²) >= 11 is 5.21. The lowest BCUT2D eigenvalue weighted by Gasteiger charge is -2.15. The van der Waals surface area contributed by atoms with Crippen LogP contribution in [0.2, 0.25) is 0 Å². The second-order valence-electron chi connectivity index (χ2n) is 2.31. The maximum Gasteiger partial charge on any atom is 0.322 e. The Labute approximate surface area is 65.5 Å². The molecule has 60 valence electrons. The highest BCUT2D eigenvalue weighted by Crippen LogP contribution is 2.07. The summed E-state index contributed by atoms with van der Waals surface area (Å²) in [4.78, 5) is 12.6. The molecule has 0 saturated heterocycles. The molecule has 0 unspecified atom stereocenters. The van der Waals surface area contributed by atoms with E-state index in [1.807, 2.05) is 13.8 Å². The molecule has 0 bridgehead atoms. The Morgan fingerprint density at radius 1 is 1.80 bits per heavy atom. The maximum atomic E-state index is 10.4. The van der Waals surface area contributed by atoms with Gasteiger partial charge in [-0.1, -0.05) is 20.3 Å². The highest BCUT2D eigenvalue weighted by Gasteiger charge is 2.21. The van der Waals surface area contributed by atoms with Gasteiger partial charge in [0, 0.05) is 0 Å². The molecule has 0 aromatic carbocycles. The first-order valence-electron chi connectivity index (χ1n) is 3.22. The van der Waals surface area contributed by atoms with E-state index >= 15 is 0 Å². The standard InChI is InChI=1S/C6H12ClNO2/c1-3-4(2)5(8-7)6(9)10/h4-5,8H,3H2,1-2H3,(H,9,10)/t4-,5-/m0/s1. The predicted octanol–water partition coefficient (Wildman–Crippen LogP) is 1.23. The van der Waals surface area contributed by atoms with E-state index in [4.69, 9.17) is 16.9 Å². The van der Waals surface area contributed by atoms with Crippen molar-refractivity contribution in [2.24, 2.45) is 5.92 Å². The van der Waals surface area contributed by atoms with E-state index in [1.165, 1.54) is 0 Å². The molecule has 0 aromatic rings. The van der Waals surface area contributed by atoms with Gasteiger partial charge < -0.3 is 5.11 Å². The molecule has 0 heterocycles. The molecule has 0 aliphatic heterocycles. The number of carboxylic acids is 1. The summed E-state index contributed by atoms with van der Waals surface area (Å²) in [6.07, 6.45) is 0.802. The van der Waals surface area contributed by atoms with Gasteiger partial charge in [-0.25, -0.2) is 4.84 Å². The fourth-order valence-electron chi connectivity index (χ4n) is 0.633. The number of nitrogens with one attached hydrogen (secondary N) is 1. The summed E-state index contributed by atoms with van der Waals surface area (Å²) in [5.74, 6) is -0.834. The number of carbonyl (C=O) groups is 1. The maximum absolute atomic E-state index is 10.4.